The van der Waals surface area contributed by atoms with Gasteiger partial charge in [-0.2, -0.15) is 0 Å². The SMILES string of the molecule is Cc1ccc(N2C(=O)C3C(c4cccc5ccccc45)NC(Cc4ccc([N+](=O)[O-])cc4)(C(=O)O)C3C2=O)cc1Cl. The number of halogens is 1. The van der Waals surface area contributed by atoms with Gasteiger partial charge < -0.3 is 5.11 Å². The molecule has 2 aliphatic heterocycles. The predicted octanol–water partition coefficient (Wildman–Crippen LogP) is 5.23. The average molecular weight is 570 g/mol. The number of nitrogens with one attached hydrogen (secondary N) is 1. The Morgan fingerprint density at radius 3 is 2.41 bits per heavy atom. The van der Waals surface area contributed by atoms with Gasteiger partial charge in [0.1, 0.15) is 5.54 Å². The summed E-state index contributed by atoms with van der Waals surface area (Å²) in [7, 11) is 0. The number of nitro benzene ring substituents is 1. The molecule has 206 valence electrons. The number of aliphatic carboxylic acids is 1. The number of carbonyl (C=O) groups is 3. The molecule has 0 radical (unpaired) electrons. The lowest BCUT2D eigenvalue weighted by molar-refractivity contribution is -0.384. The number of amides is 2. The van der Waals surface area contributed by atoms with E-state index in [0.717, 1.165) is 21.2 Å². The van der Waals surface area contributed by atoms with Crippen molar-refractivity contribution in [2.45, 2.75) is 24.9 Å². The number of carboxylic acids is 1. The number of non-ortho nitro benzene ring substituents is 1. The number of rotatable bonds is 6. The van der Waals surface area contributed by atoms with Gasteiger partial charge in [-0.1, -0.05) is 72.3 Å². The van der Waals surface area contributed by atoms with Crippen molar-refractivity contribution in [3.63, 3.8) is 0 Å². The van der Waals surface area contributed by atoms with E-state index in [2.05, 4.69) is 5.32 Å². The molecule has 0 aliphatic carbocycles. The van der Waals surface area contributed by atoms with Crippen LogP contribution >= 0.6 is 11.6 Å². The molecule has 10 heteroatoms. The van der Waals surface area contributed by atoms with E-state index in [0.29, 0.717) is 16.1 Å². The Labute approximate surface area is 239 Å². The van der Waals surface area contributed by atoms with Crippen LogP contribution < -0.4 is 10.2 Å². The highest BCUT2D eigenvalue weighted by molar-refractivity contribution is 6.32. The smallest absolute Gasteiger partial charge is 0.325 e. The summed E-state index contributed by atoms with van der Waals surface area (Å²) in [6.07, 6.45) is -0.176. The molecular weight excluding hydrogens is 546 g/mol. The molecule has 2 fully saturated rings. The summed E-state index contributed by atoms with van der Waals surface area (Å²) in [5, 5.41) is 27.3. The number of hydrogen-bond acceptors (Lipinski definition) is 6. The number of aryl methyl sites for hydroxylation is 1. The van der Waals surface area contributed by atoms with Crippen molar-refractivity contribution in [2.24, 2.45) is 11.8 Å². The fourth-order valence-corrected chi connectivity index (χ4v) is 6.43. The highest BCUT2D eigenvalue weighted by atomic mass is 35.5. The monoisotopic (exact) mass is 569 g/mol. The molecule has 2 heterocycles. The maximum absolute atomic E-state index is 14.2. The van der Waals surface area contributed by atoms with Gasteiger partial charge in [0.05, 0.1) is 22.4 Å². The molecule has 41 heavy (non-hydrogen) atoms. The molecule has 2 saturated heterocycles. The molecule has 4 aromatic rings. The number of carbonyl (C=O) groups excluding carboxylic acids is 2. The fraction of sp³-hybridized carbons (Fsp3) is 0.194. The van der Waals surface area contributed by atoms with E-state index in [4.69, 9.17) is 11.6 Å². The number of benzene rings is 4. The lowest BCUT2D eigenvalue weighted by atomic mass is 9.76. The van der Waals surface area contributed by atoms with Gasteiger partial charge in [0.25, 0.3) is 5.69 Å². The van der Waals surface area contributed by atoms with Crippen LogP contribution in [-0.2, 0) is 20.8 Å². The second kappa shape index (κ2) is 9.79. The van der Waals surface area contributed by atoms with Gasteiger partial charge in [-0.3, -0.25) is 29.8 Å². The zero-order chi connectivity index (χ0) is 29.1. The normalized spacial score (nSPS) is 23.7. The van der Waals surface area contributed by atoms with E-state index < -0.39 is 46.1 Å². The van der Waals surface area contributed by atoms with Crippen LogP contribution in [0.2, 0.25) is 5.02 Å². The quantitative estimate of drug-likeness (QED) is 0.185. The number of nitrogens with zero attached hydrogens (tertiary/aromatic N) is 2. The standard InChI is InChI=1S/C31H24ClN3O6/c1-17-9-12-21(15-24(17)32)34-28(36)25-26(29(34)37)31(30(38)39,16-18-10-13-20(14-11-18)35(40)41)33-27(25)23-8-4-6-19-5-2-3-7-22(19)23/h2-15,25-27,33H,16H2,1H3,(H,38,39). The summed E-state index contributed by atoms with van der Waals surface area (Å²) in [4.78, 5) is 53.2. The van der Waals surface area contributed by atoms with Gasteiger partial charge in [0.2, 0.25) is 11.8 Å². The molecule has 9 nitrogen and oxygen atoms in total. The van der Waals surface area contributed by atoms with Crippen molar-refractivity contribution in [3.8, 4) is 0 Å². The highest BCUT2D eigenvalue weighted by Crippen LogP contribution is 2.52. The lowest BCUT2D eigenvalue weighted by Gasteiger charge is -2.31. The number of hydrogen-bond donors (Lipinski definition) is 2. The number of nitro groups is 1. The minimum absolute atomic E-state index is 0.140. The molecule has 2 N–H and O–H groups in total. The summed E-state index contributed by atoms with van der Waals surface area (Å²) in [5.41, 5.74) is 0.200. The van der Waals surface area contributed by atoms with E-state index in [-0.39, 0.29) is 17.8 Å². The summed E-state index contributed by atoms with van der Waals surface area (Å²) in [5.74, 6) is -4.73. The molecule has 0 spiro atoms. The first-order valence-corrected chi connectivity index (χ1v) is 13.4. The van der Waals surface area contributed by atoms with E-state index in [1.165, 1.54) is 30.3 Å². The average Bonchev–Trinajstić information content (AvgIpc) is 3.43. The third kappa shape index (κ3) is 4.16. The predicted molar refractivity (Wildman–Crippen MR) is 153 cm³/mol. The van der Waals surface area contributed by atoms with E-state index in [1.54, 1.807) is 19.1 Å². The molecule has 0 saturated carbocycles. The van der Waals surface area contributed by atoms with Crippen LogP contribution in [0.15, 0.2) is 84.9 Å². The van der Waals surface area contributed by atoms with Gasteiger partial charge in [-0.25, -0.2) is 4.90 Å². The summed E-state index contributed by atoms with van der Waals surface area (Å²) < 4.78 is 0. The van der Waals surface area contributed by atoms with Crippen LogP contribution in [0.25, 0.3) is 10.8 Å². The molecular formula is C31H24ClN3O6. The zero-order valence-corrected chi connectivity index (χ0v) is 22.5. The van der Waals surface area contributed by atoms with E-state index in [1.807, 2.05) is 42.5 Å². The van der Waals surface area contributed by atoms with Gasteiger partial charge in [0.15, 0.2) is 0 Å². The van der Waals surface area contributed by atoms with Gasteiger partial charge in [-0.05, 0) is 46.5 Å². The summed E-state index contributed by atoms with van der Waals surface area (Å²) in [6.45, 7) is 1.80. The Morgan fingerprint density at radius 2 is 1.73 bits per heavy atom. The van der Waals surface area contributed by atoms with Crippen LogP contribution in [0, 0.1) is 28.9 Å². The van der Waals surface area contributed by atoms with Gasteiger partial charge >= 0.3 is 5.97 Å². The maximum Gasteiger partial charge on any atom is 0.325 e. The Morgan fingerprint density at radius 1 is 1.02 bits per heavy atom. The summed E-state index contributed by atoms with van der Waals surface area (Å²) >= 11 is 6.34. The highest BCUT2D eigenvalue weighted by Gasteiger charge is 2.68. The largest absolute Gasteiger partial charge is 0.480 e. The number of fused-ring (bicyclic) bond motifs is 2. The van der Waals surface area contributed by atoms with Gasteiger partial charge in [-0.15, -0.1) is 0 Å². The van der Waals surface area contributed by atoms with E-state index >= 15 is 0 Å². The fourth-order valence-electron chi connectivity index (χ4n) is 6.26. The van der Waals surface area contributed by atoms with Crippen molar-refractivity contribution >= 4 is 51.5 Å². The van der Waals surface area contributed by atoms with Crippen molar-refractivity contribution < 1.29 is 24.4 Å². The van der Waals surface area contributed by atoms with Crippen LogP contribution in [0.3, 0.4) is 0 Å². The second-order valence-electron chi connectivity index (χ2n) is 10.5. The number of carboxylic acid groups (broad SMARTS) is 1. The van der Waals surface area contributed by atoms with E-state index in [9.17, 15) is 29.6 Å². The van der Waals surface area contributed by atoms with Crippen LogP contribution in [0.1, 0.15) is 22.7 Å². The zero-order valence-electron chi connectivity index (χ0n) is 21.8. The third-order valence-corrected chi connectivity index (χ3v) is 8.65. The number of imide groups is 1. The maximum atomic E-state index is 14.2. The first-order valence-electron chi connectivity index (χ1n) is 13.0. The Hall–Kier alpha value is -4.60. The topological polar surface area (TPSA) is 130 Å². The van der Waals surface area contributed by atoms with Crippen LogP contribution in [0.4, 0.5) is 11.4 Å². The molecule has 2 aliphatic rings. The van der Waals surface area contributed by atoms with Crippen molar-refractivity contribution in [3.05, 3.63) is 117 Å². The number of anilines is 1. The third-order valence-electron chi connectivity index (χ3n) is 8.24. The summed E-state index contributed by atoms with van der Waals surface area (Å²) in [6, 6.07) is 22.8. The molecule has 6 rings (SSSR count). The minimum Gasteiger partial charge on any atom is -0.480 e. The molecule has 4 aromatic carbocycles. The Kier molecular flexibility index (Phi) is 6.36. The molecule has 4 unspecified atom stereocenters. The first-order chi connectivity index (χ1) is 19.6. The van der Waals surface area contributed by atoms with Crippen molar-refractivity contribution in [1.82, 2.24) is 5.32 Å². The second-order valence-corrected chi connectivity index (χ2v) is 10.9. The molecule has 0 aromatic heterocycles. The molecule has 4 atom stereocenters. The first kappa shape index (κ1) is 26.6. The van der Waals surface area contributed by atoms with Gasteiger partial charge in [0, 0.05) is 29.6 Å². The van der Waals surface area contributed by atoms with Crippen molar-refractivity contribution in [2.75, 3.05) is 4.90 Å². The van der Waals surface area contributed by atoms with Crippen LogP contribution in [-0.4, -0.2) is 33.4 Å². The Bertz CT molecular complexity index is 1750. The lowest BCUT2D eigenvalue weighted by Crippen LogP contribution is -2.57. The van der Waals surface area contributed by atoms with Crippen LogP contribution in [0.5, 0.6) is 0 Å². The Balaban J connectivity index is 1.52. The minimum atomic E-state index is -1.88. The molecule has 0 bridgehead atoms. The molecule has 2 amide bonds. The van der Waals surface area contributed by atoms with Crippen molar-refractivity contribution in [1.29, 1.82) is 0 Å².